The summed E-state index contributed by atoms with van der Waals surface area (Å²) in [5, 5.41) is 3.33. The van der Waals surface area contributed by atoms with Crippen molar-refractivity contribution in [1.82, 2.24) is 10.2 Å². The van der Waals surface area contributed by atoms with Crippen LogP contribution < -0.4 is 5.32 Å². The zero-order valence-electron chi connectivity index (χ0n) is 11.7. The van der Waals surface area contributed by atoms with Crippen LogP contribution in [-0.4, -0.2) is 30.4 Å². The van der Waals surface area contributed by atoms with Crippen LogP contribution in [0, 0.1) is 5.82 Å². The Morgan fingerprint density at radius 1 is 1.30 bits per heavy atom. The first kappa shape index (κ1) is 13.6. The lowest BCUT2D eigenvalue weighted by Gasteiger charge is -2.23. The molecule has 2 saturated heterocycles. The zero-order chi connectivity index (χ0) is 13.9. The van der Waals surface area contributed by atoms with Gasteiger partial charge in [-0.25, -0.2) is 4.39 Å². The number of likely N-dealkylation sites (tertiary alicyclic amines) is 1. The standard InChI is InChI=1S/C16H21FN2O/c17-15-10-13(12-5-7-18-8-6-12)3-4-14(15)11-19-9-1-2-16(19)20/h3-4,10,12,18H,1-2,5-9,11H2. The van der Waals surface area contributed by atoms with Gasteiger partial charge in [0, 0.05) is 25.1 Å². The molecule has 2 aliphatic rings. The van der Waals surface area contributed by atoms with Gasteiger partial charge in [0.2, 0.25) is 5.91 Å². The van der Waals surface area contributed by atoms with Gasteiger partial charge < -0.3 is 10.2 Å². The molecule has 0 saturated carbocycles. The van der Waals surface area contributed by atoms with Crippen molar-refractivity contribution in [2.45, 2.75) is 38.1 Å². The van der Waals surface area contributed by atoms with Gasteiger partial charge >= 0.3 is 0 Å². The molecule has 1 amide bonds. The summed E-state index contributed by atoms with van der Waals surface area (Å²) in [7, 11) is 0. The van der Waals surface area contributed by atoms with Gasteiger partial charge in [-0.05, 0) is 49.9 Å². The molecule has 0 spiro atoms. The highest BCUT2D eigenvalue weighted by atomic mass is 19.1. The van der Waals surface area contributed by atoms with Crippen molar-refractivity contribution in [2.24, 2.45) is 0 Å². The molecule has 1 aromatic carbocycles. The molecular weight excluding hydrogens is 255 g/mol. The maximum atomic E-state index is 14.2. The molecule has 3 nitrogen and oxygen atoms in total. The van der Waals surface area contributed by atoms with Crippen molar-refractivity contribution in [1.29, 1.82) is 0 Å². The fourth-order valence-electron chi connectivity index (χ4n) is 3.18. The Labute approximate surface area is 119 Å². The first-order valence-corrected chi connectivity index (χ1v) is 7.51. The summed E-state index contributed by atoms with van der Waals surface area (Å²) < 4.78 is 14.2. The Kier molecular flexibility index (Phi) is 4.01. The molecule has 2 heterocycles. The molecule has 108 valence electrons. The van der Waals surface area contributed by atoms with Crippen LogP contribution in [-0.2, 0) is 11.3 Å². The summed E-state index contributed by atoms with van der Waals surface area (Å²) in [4.78, 5) is 13.4. The highest BCUT2D eigenvalue weighted by Gasteiger charge is 2.22. The lowest BCUT2D eigenvalue weighted by molar-refractivity contribution is -0.128. The maximum Gasteiger partial charge on any atom is 0.222 e. The summed E-state index contributed by atoms with van der Waals surface area (Å²) >= 11 is 0. The summed E-state index contributed by atoms with van der Waals surface area (Å²) in [6.45, 7) is 3.19. The van der Waals surface area contributed by atoms with Crippen molar-refractivity contribution >= 4 is 5.91 Å². The van der Waals surface area contributed by atoms with Gasteiger partial charge in [-0.15, -0.1) is 0 Å². The van der Waals surface area contributed by atoms with Crippen molar-refractivity contribution in [3.8, 4) is 0 Å². The average Bonchev–Trinajstić information content (AvgIpc) is 2.87. The van der Waals surface area contributed by atoms with E-state index in [0.29, 0.717) is 24.4 Å². The number of nitrogens with zero attached hydrogens (tertiary/aromatic N) is 1. The minimum absolute atomic E-state index is 0.145. The fourth-order valence-corrected chi connectivity index (χ4v) is 3.18. The first-order chi connectivity index (χ1) is 9.74. The van der Waals surface area contributed by atoms with E-state index in [9.17, 15) is 9.18 Å². The fraction of sp³-hybridized carbons (Fsp3) is 0.562. The van der Waals surface area contributed by atoms with Gasteiger partial charge in [-0.1, -0.05) is 12.1 Å². The topological polar surface area (TPSA) is 32.3 Å². The number of carbonyl (C=O) groups is 1. The molecule has 1 N–H and O–H groups in total. The molecule has 2 fully saturated rings. The first-order valence-electron chi connectivity index (χ1n) is 7.51. The highest BCUT2D eigenvalue weighted by Crippen LogP contribution is 2.27. The largest absolute Gasteiger partial charge is 0.338 e. The average molecular weight is 276 g/mol. The van der Waals surface area contributed by atoms with Gasteiger partial charge in [-0.3, -0.25) is 4.79 Å². The normalized spacial score (nSPS) is 20.6. The predicted octanol–water partition coefficient (Wildman–Crippen LogP) is 2.42. The molecule has 0 unspecified atom stereocenters. The van der Waals surface area contributed by atoms with E-state index >= 15 is 0 Å². The second-order valence-corrected chi connectivity index (χ2v) is 5.79. The molecule has 0 radical (unpaired) electrons. The van der Waals surface area contributed by atoms with Gasteiger partial charge in [0.05, 0.1) is 0 Å². The van der Waals surface area contributed by atoms with Crippen LogP contribution in [0.2, 0.25) is 0 Å². The molecule has 0 aliphatic carbocycles. The zero-order valence-corrected chi connectivity index (χ0v) is 11.7. The third-order valence-corrected chi connectivity index (χ3v) is 4.42. The van der Waals surface area contributed by atoms with E-state index in [1.54, 1.807) is 11.0 Å². The molecular formula is C16H21FN2O. The monoisotopic (exact) mass is 276 g/mol. The van der Waals surface area contributed by atoms with Gasteiger partial charge in [0.15, 0.2) is 0 Å². The number of benzene rings is 1. The van der Waals surface area contributed by atoms with E-state index in [-0.39, 0.29) is 11.7 Å². The van der Waals surface area contributed by atoms with Crippen molar-refractivity contribution < 1.29 is 9.18 Å². The number of nitrogens with one attached hydrogen (secondary N) is 1. The van der Waals surface area contributed by atoms with Crippen LogP contribution in [0.25, 0.3) is 0 Å². The van der Waals surface area contributed by atoms with E-state index in [2.05, 4.69) is 5.32 Å². The van der Waals surface area contributed by atoms with Crippen molar-refractivity contribution in [3.05, 3.63) is 35.1 Å². The summed E-state index contributed by atoms with van der Waals surface area (Å²) in [6, 6.07) is 5.57. The number of hydrogen-bond donors (Lipinski definition) is 1. The molecule has 2 aliphatic heterocycles. The number of hydrogen-bond acceptors (Lipinski definition) is 2. The Bertz CT molecular complexity index is 497. The van der Waals surface area contributed by atoms with E-state index in [1.165, 1.54) is 0 Å². The molecule has 0 aromatic heterocycles. The minimum atomic E-state index is -0.166. The van der Waals surface area contributed by atoms with Crippen molar-refractivity contribution in [2.75, 3.05) is 19.6 Å². The molecule has 3 rings (SSSR count). The van der Waals surface area contributed by atoms with Gasteiger partial charge in [-0.2, -0.15) is 0 Å². The van der Waals surface area contributed by atoms with Gasteiger partial charge in [0.1, 0.15) is 5.82 Å². The van der Waals surface area contributed by atoms with E-state index < -0.39 is 0 Å². The quantitative estimate of drug-likeness (QED) is 0.919. The maximum absolute atomic E-state index is 14.2. The molecule has 0 atom stereocenters. The lowest BCUT2D eigenvalue weighted by atomic mass is 9.89. The van der Waals surface area contributed by atoms with Crippen LogP contribution in [0.5, 0.6) is 0 Å². The third kappa shape index (κ3) is 2.85. The van der Waals surface area contributed by atoms with Crippen LogP contribution in [0.1, 0.15) is 42.7 Å². The summed E-state index contributed by atoms with van der Waals surface area (Å²) in [5.41, 5.74) is 1.73. The Morgan fingerprint density at radius 2 is 2.10 bits per heavy atom. The second-order valence-electron chi connectivity index (χ2n) is 5.79. The Hall–Kier alpha value is -1.42. The van der Waals surface area contributed by atoms with Crippen LogP contribution in [0.4, 0.5) is 4.39 Å². The predicted molar refractivity (Wildman–Crippen MR) is 75.9 cm³/mol. The molecule has 1 aromatic rings. The number of carbonyl (C=O) groups excluding carboxylic acids is 1. The van der Waals surface area contributed by atoms with Crippen LogP contribution in [0.3, 0.4) is 0 Å². The number of rotatable bonds is 3. The minimum Gasteiger partial charge on any atom is -0.338 e. The molecule has 0 bridgehead atoms. The summed E-state index contributed by atoms with van der Waals surface area (Å²) in [6.07, 6.45) is 3.65. The van der Waals surface area contributed by atoms with E-state index in [1.807, 2.05) is 12.1 Å². The molecule has 20 heavy (non-hydrogen) atoms. The van der Waals surface area contributed by atoms with E-state index in [0.717, 1.165) is 44.5 Å². The van der Waals surface area contributed by atoms with E-state index in [4.69, 9.17) is 0 Å². The van der Waals surface area contributed by atoms with Gasteiger partial charge in [0.25, 0.3) is 0 Å². The number of amides is 1. The molecule has 4 heteroatoms. The Morgan fingerprint density at radius 3 is 2.75 bits per heavy atom. The smallest absolute Gasteiger partial charge is 0.222 e. The van der Waals surface area contributed by atoms with Crippen molar-refractivity contribution in [3.63, 3.8) is 0 Å². The highest BCUT2D eigenvalue weighted by molar-refractivity contribution is 5.78. The lowest BCUT2D eigenvalue weighted by Crippen LogP contribution is -2.27. The number of piperidine rings is 1. The Balaban J connectivity index is 1.71. The number of halogens is 1. The third-order valence-electron chi connectivity index (χ3n) is 4.42. The summed E-state index contributed by atoms with van der Waals surface area (Å²) in [5.74, 6) is 0.445. The SMILES string of the molecule is O=C1CCCN1Cc1ccc(C2CCNCC2)cc1F. The van der Waals surface area contributed by atoms with Crippen LogP contribution >= 0.6 is 0 Å². The van der Waals surface area contributed by atoms with Crippen LogP contribution in [0.15, 0.2) is 18.2 Å². The second kappa shape index (κ2) is 5.92.